The standard InChI is InChI=1S/C14H28O2/c1-2-3-4-5-6-7-8-14(15)13-9-11-16-12-10-13/h13-15H,2-12H2,1H3. The van der Waals surface area contributed by atoms with Gasteiger partial charge in [0.25, 0.3) is 0 Å². The summed E-state index contributed by atoms with van der Waals surface area (Å²) in [5.41, 5.74) is 0. The van der Waals surface area contributed by atoms with Crippen molar-refractivity contribution in [2.45, 2.75) is 70.8 Å². The molecule has 0 spiro atoms. The van der Waals surface area contributed by atoms with Crippen LogP contribution in [-0.4, -0.2) is 24.4 Å². The van der Waals surface area contributed by atoms with Crippen molar-refractivity contribution >= 4 is 0 Å². The van der Waals surface area contributed by atoms with E-state index in [0.29, 0.717) is 5.92 Å². The molecule has 1 rings (SSSR count). The van der Waals surface area contributed by atoms with Gasteiger partial charge in [-0.05, 0) is 25.2 Å². The summed E-state index contributed by atoms with van der Waals surface area (Å²) in [6.45, 7) is 3.94. The van der Waals surface area contributed by atoms with E-state index in [9.17, 15) is 5.11 Å². The van der Waals surface area contributed by atoms with Gasteiger partial charge in [0.15, 0.2) is 0 Å². The maximum Gasteiger partial charge on any atom is 0.0570 e. The van der Waals surface area contributed by atoms with Gasteiger partial charge >= 0.3 is 0 Å². The molecular formula is C14H28O2. The van der Waals surface area contributed by atoms with E-state index in [4.69, 9.17) is 4.74 Å². The Balaban J connectivity index is 1.94. The molecular weight excluding hydrogens is 200 g/mol. The van der Waals surface area contributed by atoms with E-state index in [0.717, 1.165) is 32.5 Å². The fraction of sp³-hybridized carbons (Fsp3) is 1.00. The summed E-state index contributed by atoms with van der Waals surface area (Å²) in [5, 5.41) is 10.0. The Morgan fingerprint density at radius 3 is 2.38 bits per heavy atom. The van der Waals surface area contributed by atoms with Crippen molar-refractivity contribution in [3.05, 3.63) is 0 Å². The number of hydrogen-bond donors (Lipinski definition) is 1. The zero-order valence-electron chi connectivity index (χ0n) is 10.8. The smallest absolute Gasteiger partial charge is 0.0570 e. The van der Waals surface area contributed by atoms with Gasteiger partial charge in [-0.2, -0.15) is 0 Å². The van der Waals surface area contributed by atoms with Crippen LogP contribution >= 0.6 is 0 Å². The van der Waals surface area contributed by atoms with Crippen LogP contribution in [0.4, 0.5) is 0 Å². The van der Waals surface area contributed by atoms with Gasteiger partial charge in [-0.15, -0.1) is 0 Å². The Kier molecular flexibility index (Phi) is 7.87. The molecule has 1 heterocycles. The Morgan fingerprint density at radius 2 is 1.69 bits per heavy atom. The van der Waals surface area contributed by atoms with Crippen LogP contribution in [0.3, 0.4) is 0 Å². The molecule has 0 aliphatic carbocycles. The SMILES string of the molecule is CCCCCCCCC(O)C1CCOCC1. The van der Waals surface area contributed by atoms with Gasteiger partial charge in [0.2, 0.25) is 0 Å². The molecule has 1 fully saturated rings. The van der Waals surface area contributed by atoms with Crippen molar-refractivity contribution in [3.8, 4) is 0 Å². The van der Waals surface area contributed by atoms with E-state index in [2.05, 4.69) is 6.92 Å². The van der Waals surface area contributed by atoms with E-state index >= 15 is 0 Å². The first-order valence-corrected chi connectivity index (χ1v) is 7.10. The van der Waals surface area contributed by atoms with Gasteiger partial charge in [0, 0.05) is 13.2 Å². The van der Waals surface area contributed by atoms with Crippen LogP contribution in [0.15, 0.2) is 0 Å². The highest BCUT2D eigenvalue weighted by atomic mass is 16.5. The maximum atomic E-state index is 10.0. The third-order valence-corrected chi connectivity index (χ3v) is 3.66. The molecule has 0 amide bonds. The first-order valence-electron chi connectivity index (χ1n) is 7.10. The van der Waals surface area contributed by atoms with E-state index in [1.54, 1.807) is 0 Å². The maximum absolute atomic E-state index is 10.0. The van der Waals surface area contributed by atoms with Gasteiger partial charge in [0.05, 0.1) is 6.10 Å². The van der Waals surface area contributed by atoms with Crippen molar-refractivity contribution < 1.29 is 9.84 Å². The van der Waals surface area contributed by atoms with E-state index in [1.165, 1.54) is 38.5 Å². The molecule has 1 aliphatic rings. The zero-order chi connectivity index (χ0) is 11.6. The Morgan fingerprint density at radius 1 is 1.06 bits per heavy atom. The number of aliphatic hydroxyl groups excluding tert-OH is 1. The Labute approximate surface area is 100 Å². The highest BCUT2D eigenvalue weighted by Gasteiger charge is 2.21. The fourth-order valence-corrected chi connectivity index (χ4v) is 2.47. The minimum Gasteiger partial charge on any atom is -0.393 e. The lowest BCUT2D eigenvalue weighted by atomic mass is 9.90. The highest BCUT2D eigenvalue weighted by Crippen LogP contribution is 2.22. The van der Waals surface area contributed by atoms with Crippen molar-refractivity contribution in [2.24, 2.45) is 5.92 Å². The molecule has 0 bridgehead atoms. The molecule has 0 saturated carbocycles. The molecule has 0 aromatic heterocycles. The molecule has 1 unspecified atom stereocenters. The van der Waals surface area contributed by atoms with Crippen LogP contribution in [0, 0.1) is 5.92 Å². The summed E-state index contributed by atoms with van der Waals surface area (Å²) in [5.74, 6) is 0.504. The molecule has 1 aliphatic heterocycles. The molecule has 96 valence electrons. The molecule has 1 atom stereocenters. The summed E-state index contributed by atoms with van der Waals surface area (Å²) in [4.78, 5) is 0. The van der Waals surface area contributed by atoms with Crippen molar-refractivity contribution in [1.29, 1.82) is 0 Å². The van der Waals surface area contributed by atoms with Crippen molar-refractivity contribution in [1.82, 2.24) is 0 Å². The van der Waals surface area contributed by atoms with Crippen LogP contribution < -0.4 is 0 Å². The molecule has 0 radical (unpaired) electrons. The Hall–Kier alpha value is -0.0800. The molecule has 16 heavy (non-hydrogen) atoms. The second kappa shape index (κ2) is 9.00. The van der Waals surface area contributed by atoms with Crippen LogP contribution in [-0.2, 0) is 4.74 Å². The Bertz CT molecular complexity index is 153. The molecule has 2 heteroatoms. The van der Waals surface area contributed by atoms with Crippen molar-refractivity contribution in [3.63, 3.8) is 0 Å². The van der Waals surface area contributed by atoms with E-state index in [-0.39, 0.29) is 6.10 Å². The minimum absolute atomic E-state index is 0.0740. The van der Waals surface area contributed by atoms with Crippen LogP contribution in [0.1, 0.15) is 64.7 Å². The summed E-state index contributed by atoms with van der Waals surface area (Å²) in [6.07, 6.45) is 10.9. The monoisotopic (exact) mass is 228 g/mol. The average Bonchev–Trinajstić information content (AvgIpc) is 2.34. The predicted octanol–water partition coefficient (Wildman–Crippen LogP) is 3.52. The molecule has 1 N–H and O–H groups in total. The predicted molar refractivity (Wildman–Crippen MR) is 67.5 cm³/mol. The first kappa shape index (κ1) is 14.0. The number of ether oxygens (including phenoxy) is 1. The zero-order valence-corrected chi connectivity index (χ0v) is 10.8. The lowest BCUT2D eigenvalue weighted by Gasteiger charge is -2.26. The van der Waals surface area contributed by atoms with E-state index in [1.807, 2.05) is 0 Å². The summed E-state index contributed by atoms with van der Waals surface area (Å²) in [7, 11) is 0. The normalized spacial score (nSPS) is 19.9. The van der Waals surface area contributed by atoms with E-state index < -0.39 is 0 Å². The van der Waals surface area contributed by atoms with Gasteiger partial charge in [-0.3, -0.25) is 0 Å². The summed E-state index contributed by atoms with van der Waals surface area (Å²) >= 11 is 0. The first-order chi connectivity index (χ1) is 7.84. The molecule has 2 nitrogen and oxygen atoms in total. The largest absolute Gasteiger partial charge is 0.393 e. The van der Waals surface area contributed by atoms with Gasteiger partial charge in [-0.1, -0.05) is 45.4 Å². The van der Waals surface area contributed by atoms with Crippen molar-refractivity contribution in [2.75, 3.05) is 13.2 Å². The number of unbranched alkanes of at least 4 members (excludes halogenated alkanes) is 5. The van der Waals surface area contributed by atoms with Gasteiger partial charge < -0.3 is 9.84 Å². The quantitative estimate of drug-likeness (QED) is 0.644. The number of hydrogen-bond acceptors (Lipinski definition) is 2. The second-order valence-electron chi connectivity index (χ2n) is 5.07. The molecule has 1 saturated heterocycles. The topological polar surface area (TPSA) is 29.5 Å². The van der Waals surface area contributed by atoms with Crippen LogP contribution in [0.25, 0.3) is 0 Å². The number of rotatable bonds is 8. The number of aliphatic hydroxyl groups is 1. The summed E-state index contributed by atoms with van der Waals surface area (Å²) in [6, 6.07) is 0. The van der Waals surface area contributed by atoms with Crippen LogP contribution in [0.2, 0.25) is 0 Å². The third kappa shape index (κ3) is 5.86. The third-order valence-electron chi connectivity index (χ3n) is 3.66. The minimum atomic E-state index is -0.0740. The van der Waals surface area contributed by atoms with Gasteiger partial charge in [0.1, 0.15) is 0 Å². The lowest BCUT2D eigenvalue weighted by Crippen LogP contribution is -2.27. The average molecular weight is 228 g/mol. The molecule has 0 aromatic rings. The van der Waals surface area contributed by atoms with Crippen LogP contribution in [0.5, 0.6) is 0 Å². The fourth-order valence-electron chi connectivity index (χ4n) is 2.47. The highest BCUT2D eigenvalue weighted by molar-refractivity contribution is 4.71. The molecule has 0 aromatic carbocycles. The lowest BCUT2D eigenvalue weighted by molar-refractivity contribution is 0.00409. The van der Waals surface area contributed by atoms with Gasteiger partial charge in [-0.25, -0.2) is 0 Å². The second-order valence-corrected chi connectivity index (χ2v) is 5.07. The summed E-state index contributed by atoms with van der Waals surface area (Å²) < 4.78 is 5.31.